The minimum Gasteiger partial charge on any atom is -0.459 e. The molecule has 0 N–H and O–H groups in total. The summed E-state index contributed by atoms with van der Waals surface area (Å²) in [5.74, 6) is -0.342. The standard InChI is InChI=1S/C13H12ClNO3/c14-10-4-2-1-3-8(10)5-12(16)15-7-9-6-11(15)13(17)18-9/h1-4,9,11H,5-7H2/t9-,11+/m0/s1. The first kappa shape index (κ1) is 11.5. The molecule has 18 heavy (non-hydrogen) atoms. The number of rotatable bonds is 2. The second-order valence-electron chi connectivity index (χ2n) is 4.62. The second kappa shape index (κ2) is 4.28. The molecule has 1 aromatic rings. The number of carbonyl (C=O) groups is 2. The predicted molar refractivity (Wildman–Crippen MR) is 65.2 cm³/mol. The van der Waals surface area contributed by atoms with E-state index in [4.69, 9.17) is 16.3 Å². The zero-order chi connectivity index (χ0) is 12.7. The Morgan fingerprint density at radius 2 is 2.22 bits per heavy atom. The van der Waals surface area contributed by atoms with Crippen LogP contribution in [0.25, 0.3) is 0 Å². The molecule has 0 aromatic heterocycles. The van der Waals surface area contributed by atoms with E-state index in [1.807, 2.05) is 18.2 Å². The molecule has 1 aromatic carbocycles. The van der Waals surface area contributed by atoms with Crippen molar-refractivity contribution in [1.29, 1.82) is 0 Å². The van der Waals surface area contributed by atoms with E-state index in [9.17, 15) is 9.59 Å². The van der Waals surface area contributed by atoms with Crippen molar-refractivity contribution in [3.8, 4) is 0 Å². The smallest absolute Gasteiger partial charge is 0.329 e. The first-order chi connectivity index (χ1) is 8.65. The third-order valence-corrected chi connectivity index (χ3v) is 3.81. The normalized spacial score (nSPS) is 25.4. The van der Waals surface area contributed by atoms with E-state index < -0.39 is 0 Å². The molecule has 4 nitrogen and oxygen atoms in total. The van der Waals surface area contributed by atoms with Crippen LogP contribution in [0.4, 0.5) is 0 Å². The fourth-order valence-corrected chi connectivity index (χ4v) is 2.73. The topological polar surface area (TPSA) is 46.6 Å². The lowest BCUT2D eigenvalue weighted by Gasteiger charge is -2.25. The van der Waals surface area contributed by atoms with Crippen LogP contribution in [0.5, 0.6) is 0 Å². The van der Waals surface area contributed by atoms with Crippen LogP contribution in [0.3, 0.4) is 0 Å². The lowest BCUT2D eigenvalue weighted by Crippen LogP contribution is -2.44. The maximum Gasteiger partial charge on any atom is 0.329 e. The van der Waals surface area contributed by atoms with E-state index in [-0.39, 0.29) is 30.4 Å². The quantitative estimate of drug-likeness (QED) is 0.760. The molecule has 0 saturated carbocycles. The molecule has 2 saturated heterocycles. The SMILES string of the molecule is O=C1O[C@H]2C[C@H]1N(C(=O)Cc1ccccc1Cl)C2. The lowest BCUT2D eigenvalue weighted by atomic mass is 10.1. The van der Waals surface area contributed by atoms with Gasteiger partial charge in [0.1, 0.15) is 12.1 Å². The number of carbonyl (C=O) groups excluding carboxylic acids is 2. The van der Waals surface area contributed by atoms with Gasteiger partial charge in [-0.05, 0) is 11.6 Å². The molecule has 2 aliphatic rings. The summed E-state index contributed by atoms with van der Waals surface area (Å²) in [6.07, 6.45) is 0.751. The molecule has 2 fully saturated rings. The Balaban J connectivity index is 1.73. The van der Waals surface area contributed by atoms with Crippen molar-refractivity contribution >= 4 is 23.5 Å². The maximum atomic E-state index is 12.2. The molecule has 5 heteroatoms. The van der Waals surface area contributed by atoms with Crippen LogP contribution < -0.4 is 0 Å². The van der Waals surface area contributed by atoms with Crippen molar-refractivity contribution in [3.05, 3.63) is 34.9 Å². The number of amides is 1. The van der Waals surface area contributed by atoms with Gasteiger partial charge in [0.2, 0.25) is 5.91 Å². The number of esters is 1. The summed E-state index contributed by atoms with van der Waals surface area (Å²) in [6.45, 7) is 0.514. The summed E-state index contributed by atoms with van der Waals surface area (Å²) >= 11 is 6.02. The fourth-order valence-electron chi connectivity index (χ4n) is 2.53. The van der Waals surface area contributed by atoms with Crippen molar-refractivity contribution in [2.75, 3.05) is 6.54 Å². The van der Waals surface area contributed by atoms with Crippen molar-refractivity contribution in [2.24, 2.45) is 0 Å². The maximum absolute atomic E-state index is 12.2. The zero-order valence-electron chi connectivity index (χ0n) is 9.64. The molecule has 0 spiro atoms. The Bertz CT molecular complexity index is 517. The van der Waals surface area contributed by atoms with Gasteiger partial charge >= 0.3 is 5.97 Å². The molecule has 0 unspecified atom stereocenters. The minimum atomic E-state index is -0.384. The third kappa shape index (κ3) is 1.86. The van der Waals surface area contributed by atoms with Gasteiger partial charge in [-0.3, -0.25) is 4.79 Å². The first-order valence-electron chi connectivity index (χ1n) is 5.88. The summed E-state index contributed by atoms with van der Waals surface area (Å²) in [6, 6.07) is 6.87. The highest BCUT2D eigenvalue weighted by Crippen LogP contribution is 2.29. The van der Waals surface area contributed by atoms with E-state index in [1.165, 1.54) is 0 Å². The van der Waals surface area contributed by atoms with Gasteiger partial charge < -0.3 is 9.64 Å². The first-order valence-corrected chi connectivity index (χ1v) is 6.26. The van der Waals surface area contributed by atoms with Gasteiger partial charge in [-0.1, -0.05) is 29.8 Å². The van der Waals surface area contributed by atoms with Crippen molar-refractivity contribution < 1.29 is 14.3 Å². The Morgan fingerprint density at radius 1 is 1.44 bits per heavy atom. The highest BCUT2D eigenvalue weighted by Gasteiger charge is 2.48. The van der Waals surface area contributed by atoms with Crippen LogP contribution in [0.2, 0.25) is 5.02 Å². The fraction of sp³-hybridized carbons (Fsp3) is 0.385. The Labute approximate surface area is 109 Å². The Hall–Kier alpha value is -1.55. The average Bonchev–Trinajstić information content (AvgIpc) is 2.90. The molecule has 1 amide bonds. The van der Waals surface area contributed by atoms with Crippen LogP contribution in [0, 0.1) is 0 Å². The molecule has 3 rings (SSSR count). The highest BCUT2D eigenvalue weighted by atomic mass is 35.5. The van der Waals surface area contributed by atoms with Gasteiger partial charge in [-0.15, -0.1) is 0 Å². The van der Waals surface area contributed by atoms with Gasteiger partial charge in [-0.25, -0.2) is 4.79 Å². The van der Waals surface area contributed by atoms with Crippen molar-refractivity contribution in [1.82, 2.24) is 4.90 Å². The van der Waals surface area contributed by atoms with Crippen LogP contribution >= 0.6 is 11.6 Å². The number of hydrogen-bond donors (Lipinski definition) is 0. The van der Waals surface area contributed by atoms with E-state index >= 15 is 0 Å². The van der Waals surface area contributed by atoms with E-state index in [0.29, 0.717) is 18.0 Å². The molecule has 2 atom stereocenters. The lowest BCUT2D eigenvalue weighted by molar-refractivity contribution is -0.156. The van der Waals surface area contributed by atoms with Crippen LogP contribution in [-0.2, 0) is 20.7 Å². The van der Waals surface area contributed by atoms with Crippen molar-refractivity contribution in [3.63, 3.8) is 0 Å². The zero-order valence-corrected chi connectivity index (χ0v) is 10.4. The number of nitrogens with zero attached hydrogens (tertiary/aromatic N) is 1. The largest absolute Gasteiger partial charge is 0.459 e. The summed E-state index contributed by atoms with van der Waals surface area (Å²) in [4.78, 5) is 25.2. The summed E-state index contributed by atoms with van der Waals surface area (Å²) in [5, 5.41) is 0.581. The average molecular weight is 266 g/mol. The summed E-state index contributed by atoms with van der Waals surface area (Å²) in [5.41, 5.74) is 0.792. The van der Waals surface area contributed by atoms with Gasteiger partial charge in [-0.2, -0.15) is 0 Å². The number of fused-ring (bicyclic) bond motifs is 2. The number of morpholine rings is 1. The summed E-state index contributed by atoms with van der Waals surface area (Å²) in [7, 11) is 0. The summed E-state index contributed by atoms with van der Waals surface area (Å²) < 4.78 is 5.06. The monoisotopic (exact) mass is 265 g/mol. The number of likely N-dealkylation sites (tertiary alicyclic amines) is 1. The molecule has 0 aliphatic carbocycles. The number of benzene rings is 1. The van der Waals surface area contributed by atoms with Gasteiger partial charge in [0, 0.05) is 11.4 Å². The highest BCUT2D eigenvalue weighted by molar-refractivity contribution is 6.31. The minimum absolute atomic E-state index is 0.0627. The van der Waals surface area contributed by atoms with Crippen LogP contribution in [0.1, 0.15) is 12.0 Å². The molecule has 0 radical (unpaired) electrons. The number of halogens is 1. The molecule has 94 valence electrons. The molecule has 2 bridgehead atoms. The van der Waals surface area contributed by atoms with E-state index in [1.54, 1.807) is 11.0 Å². The Morgan fingerprint density at radius 3 is 2.89 bits per heavy atom. The second-order valence-corrected chi connectivity index (χ2v) is 5.03. The van der Waals surface area contributed by atoms with Crippen LogP contribution in [-0.4, -0.2) is 35.5 Å². The van der Waals surface area contributed by atoms with Gasteiger partial charge in [0.25, 0.3) is 0 Å². The van der Waals surface area contributed by atoms with Crippen LogP contribution in [0.15, 0.2) is 24.3 Å². The molecule has 2 heterocycles. The van der Waals surface area contributed by atoms with Crippen molar-refractivity contribution in [2.45, 2.75) is 25.0 Å². The van der Waals surface area contributed by atoms with E-state index in [2.05, 4.69) is 0 Å². The Kier molecular flexibility index (Phi) is 2.74. The van der Waals surface area contributed by atoms with Gasteiger partial charge in [0.05, 0.1) is 13.0 Å². The molecule has 2 aliphatic heterocycles. The van der Waals surface area contributed by atoms with E-state index in [0.717, 1.165) is 5.56 Å². The third-order valence-electron chi connectivity index (χ3n) is 3.44. The number of hydrogen-bond acceptors (Lipinski definition) is 3. The van der Waals surface area contributed by atoms with Gasteiger partial charge in [0.15, 0.2) is 0 Å². The number of ether oxygens (including phenoxy) is 1. The molecular weight excluding hydrogens is 254 g/mol. The predicted octanol–water partition coefficient (Wildman–Crippen LogP) is 1.41. The molecular formula is C13H12ClNO3.